The van der Waals surface area contributed by atoms with Crippen molar-refractivity contribution in [1.29, 1.82) is 0 Å². The third kappa shape index (κ3) is 3.33. The van der Waals surface area contributed by atoms with E-state index in [0.717, 1.165) is 30.1 Å². The van der Waals surface area contributed by atoms with Crippen molar-refractivity contribution in [2.24, 2.45) is 5.92 Å². The SMILES string of the molecule is CCOC(=O)CNC(=O)C1CCc2nc(C)[nH]c2C1. The van der Waals surface area contributed by atoms with Crippen LogP contribution >= 0.6 is 0 Å². The second-order valence-electron chi connectivity index (χ2n) is 4.71. The summed E-state index contributed by atoms with van der Waals surface area (Å²) in [6.07, 6.45) is 2.23. The summed E-state index contributed by atoms with van der Waals surface area (Å²) in [4.78, 5) is 30.7. The fourth-order valence-corrected chi connectivity index (χ4v) is 2.36. The Morgan fingerprint density at radius 3 is 3.05 bits per heavy atom. The maximum absolute atomic E-state index is 12.0. The van der Waals surface area contributed by atoms with E-state index in [-0.39, 0.29) is 18.4 Å². The largest absolute Gasteiger partial charge is 0.465 e. The number of H-pyrrole nitrogens is 1. The highest BCUT2D eigenvalue weighted by molar-refractivity contribution is 5.83. The van der Waals surface area contributed by atoms with Crippen LogP contribution in [-0.2, 0) is 27.2 Å². The molecule has 6 nitrogen and oxygen atoms in total. The Morgan fingerprint density at radius 2 is 2.32 bits per heavy atom. The fourth-order valence-electron chi connectivity index (χ4n) is 2.36. The van der Waals surface area contributed by atoms with Gasteiger partial charge < -0.3 is 15.0 Å². The predicted octanol–water partition coefficient (Wildman–Crippen LogP) is 0.502. The molecule has 0 saturated heterocycles. The Morgan fingerprint density at radius 1 is 1.53 bits per heavy atom. The number of fused-ring (bicyclic) bond motifs is 1. The molecule has 0 aliphatic heterocycles. The van der Waals surface area contributed by atoms with Gasteiger partial charge in [0, 0.05) is 18.0 Å². The van der Waals surface area contributed by atoms with Gasteiger partial charge in [0.05, 0.1) is 12.3 Å². The minimum absolute atomic E-state index is 0.0575. The molecule has 0 saturated carbocycles. The molecule has 0 radical (unpaired) electrons. The van der Waals surface area contributed by atoms with E-state index in [1.54, 1.807) is 6.92 Å². The first-order valence-corrected chi connectivity index (χ1v) is 6.57. The van der Waals surface area contributed by atoms with Gasteiger partial charge in [0.15, 0.2) is 0 Å². The van der Waals surface area contributed by atoms with Gasteiger partial charge in [0.1, 0.15) is 12.4 Å². The zero-order valence-corrected chi connectivity index (χ0v) is 11.3. The third-order valence-electron chi connectivity index (χ3n) is 3.25. The smallest absolute Gasteiger partial charge is 0.325 e. The summed E-state index contributed by atoms with van der Waals surface area (Å²) in [7, 11) is 0. The van der Waals surface area contributed by atoms with Crippen molar-refractivity contribution in [3.63, 3.8) is 0 Å². The normalized spacial score (nSPS) is 17.7. The predicted molar refractivity (Wildman–Crippen MR) is 68.5 cm³/mol. The van der Waals surface area contributed by atoms with Gasteiger partial charge in [-0.25, -0.2) is 4.98 Å². The molecule has 2 rings (SSSR count). The van der Waals surface area contributed by atoms with Gasteiger partial charge in [-0.2, -0.15) is 0 Å². The van der Waals surface area contributed by atoms with Crippen LogP contribution in [0, 0.1) is 12.8 Å². The van der Waals surface area contributed by atoms with Gasteiger partial charge >= 0.3 is 5.97 Å². The third-order valence-corrected chi connectivity index (χ3v) is 3.25. The summed E-state index contributed by atoms with van der Waals surface area (Å²) in [6.45, 7) is 3.92. The molecule has 1 heterocycles. The molecule has 1 unspecified atom stereocenters. The summed E-state index contributed by atoms with van der Waals surface area (Å²) in [5, 5.41) is 2.63. The van der Waals surface area contributed by atoms with E-state index >= 15 is 0 Å². The first-order valence-electron chi connectivity index (χ1n) is 6.57. The number of aromatic amines is 1. The number of hydrogen-bond acceptors (Lipinski definition) is 4. The number of amides is 1. The van der Waals surface area contributed by atoms with Crippen molar-refractivity contribution in [3.8, 4) is 0 Å². The number of aromatic nitrogens is 2. The molecule has 19 heavy (non-hydrogen) atoms. The van der Waals surface area contributed by atoms with Gasteiger partial charge in [-0.05, 0) is 26.7 Å². The highest BCUT2D eigenvalue weighted by Crippen LogP contribution is 2.23. The van der Waals surface area contributed by atoms with E-state index in [1.165, 1.54) is 0 Å². The first kappa shape index (κ1) is 13.6. The van der Waals surface area contributed by atoms with Crippen LogP contribution in [0.2, 0.25) is 0 Å². The van der Waals surface area contributed by atoms with E-state index in [1.807, 2.05) is 6.92 Å². The average Bonchev–Trinajstić information content (AvgIpc) is 2.75. The zero-order chi connectivity index (χ0) is 13.8. The molecule has 104 valence electrons. The fraction of sp³-hybridized carbons (Fsp3) is 0.615. The summed E-state index contributed by atoms with van der Waals surface area (Å²) >= 11 is 0. The molecule has 0 spiro atoms. The van der Waals surface area contributed by atoms with Crippen LogP contribution in [0.3, 0.4) is 0 Å². The maximum atomic E-state index is 12.0. The molecule has 1 atom stereocenters. The summed E-state index contributed by atoms with van der Waals surface area (Å²) in [6, 6.07) is 0. The Hall–Kier alpha value is -1.85. The monoisotopic (exact) mass is 265 g/mol. The summed E-state index contributed by atoms with van der Waals surface area (Å²) in [5.74, 6) is 0.301. The summed E-state index contributed by atoms with van der Waals surface area (Å²) < 4.78 is 4.77. The molecule has 1 aliphatic rings. The molecule has 1 aliphatic carbocycles. The van der Waals surface area contributed by atoms with Crippen LogP contribution in [-0.4, -0.2) is 35.0 Å². The zero-order valence-electron chi connectivity index (χ0n) is 11.3. The molecular weight excluding hydrogens is 246 g/mol. The lowest BCUT2D eigenvalue weighted by Gasteiger charge is -2.20. The minimum atomic E-state index is -0.398. The lowest BCUT2D eigenvalue weighted by molar-refractivity contribution is -0.143. The van der Waals surface area contributed by atoms with Crippen LogP contribution < -0.4 is 5.32 Å². The quantitative estimate of drug-likeness (QED) is 0.777. The Balaban J connectivity index is 1.86. The second kappa shape index (κ2) is 5.86. The number of imidazole rings is 1. The molecule has 1 aromatic rings. The lowest BCUT2D eigenvalue weighted by atomic mass is 9.89. The maximum Gasteiger partial charge on any atom is 0.325 e. The van der Waals surface area contributed by atoms with E-state index < -0.39 is 5.97 Å². The number of nitrogens with zero attached hydrogens (tertiary/aromatic N) is 1. The van der Waals surface area contributed by atoms with Crippen molar-refractivity contribution in [3.05, 3.63) is 17.2 Å². The summed E-state index contributed by atoms with van der Waals surface area (Å²) in [5.41, 5.74) is 2.10. The molecule has 1 aromatic heterocycles. The van der Waals surface area contributed by atoms with Crippen molar-refractivity contribution in [2.45, 2.75) is 33.1 Å². The molecule has 0 bridgehead atoms. The molecule has 0 aromatic carbocycles. The van der Waals surface area contributed by atoms with Gasteiger partial charge in [0.25, 0.3) is 0 Å². The average molecular weight is 265 g/mol. The number of nitrogens with one attached hydrogen (secondary N) is 2. The molecule has 1 amide bonds. The molecular formula is C13H19N3O3. The number of carbonyl (C=O) groups excluding carboxylic acids is 2. The number of esters is 1. The first-order chi connectivity index (χ1) is 9.10. The van der Waals surface area contributed by atoms with Gasteiger partial charge in [-0.15, -0.1) is 0 Å². The Bertz CT molecular complexity index is 481. The molecule has 2 N–H and O–H groups in total. The van der Waals surface area contributed by atoms with Gasteiger partial charge in [-0.3, -0.25) is 9.59 Å². The number of carbonyl (C=O) groups is 2. The van der Waals surface area contributed by atoms with Crippen molar-refractivity contribution < 1.29 is 14.3 Å². The number of hydrogen-bond donors (Lipinski definition) is 2. The topological polar surface area (TPSA) is 84.1 Å². The van der Waals surface area contributed by atoms with E-state index in [0.29, 0.717) is 13.0 Å². The van der Waals surface area contributed by atoms with Crippen molar-refractivity contribution in [2.75, 3.05) is 13.2 Å². The van der Waals surface area contributed by atoms with E-state index in [9.17, 15) is 9.59 Å². The number of aryl methyl sites for hydroxylation is 2. The van der Waals surface area contributed by atoms with Crippen LogP contribution in [0.25, 0.3) is 0 Å². The standard InChI is InChI=1S/C13H19N3O3/c1-3-19-12(17)7-14-13(18)9-4-5-10-11(6-9)16-8(2)15-10/h9H,3-7H2,1-2H3,(H,14,18)(H,15,16). The lowest BCUT2D eigenvalue weighted by Crippen LogP contribution is -2.37. The van der Waals surface area contributed by atoms with Crippen molar-refractivity contribution in [1.82, 2.24) is 15.3 Å². The van der Waals surface area contributed by atoms with Crippen LogP contribution in [0.15, 0.2) is 0 Å². The van der Waals surface area contributed by atoms with Crippen LogP contribution in [0.4, 0.5) is 0 Å². The Labute approximate surface area is 111 Å². The van der Waals surface area contributed by atoms with Crippen LogP contribution in [0.1, 0.15) is 30.6 Å². The minimum Gasteiger partial charge on any atom is -0.465 e. The van der Waals surface area contributed by atoms with Gasteiger partial charge in [-0.1, -0.05) is 0 Å². The van der Waals surface area contributed by atoms with Crippen LogP contribution in [0.5, 0.6) is 0 Å². The molecule has 6 heteroatoms. The molecule has 0 fully saturated rings. The highest BCUT2D eigenvalue weighted by atomic mass is 16.5. The second-order valence-corrected chi connectivity index (χ2v) is 4.71. The number of rotatable bonds is 4. The van der Waals surface area contributed by atoms with Crippen molar-refractivity contribution >= 4 is 11.9 Å². The number of ether oxygens (including phenoxy) is 1. The van der Waals surface area contributed by atoms with Gasteiger partial charge in [0.2, 0.25) is 5.91 Å². The Kier molecular flexibility index (Phi) is 4.19. The van der Waals surface area contributed by atoms with E-state index in [4.69, 9.17) is 4.74 Å². The highest BCUT2D eigenvalue weighted by Gasteiger charge is 2.26. The van der Waals surface area contributed by atoms with E-state index in [2.05, 4.69) is 15.3 Å².